The number of carbonyl (C=O) groups is 1. The molecule has 3 aromatic carbocycles. The minimum absolute atomic E-state index is 0.0969. The van der Waals surface area contributed by atoms with Crippen molar-refractivity contribution < 1.29 is 38.8 Å². The monoisotopic (exact) mass is 752 g/mol. The lowest BCUT2D eigenvalue weighted by molar-refractivity contribution is -0.256. The fourth-order valence-corrected chi connectivity index (χ4v) is 9.13. The molecule has 2 N–H and O–H groups in total. The molecule has 294 valence electrons. The number of amides is 1. The second-order valence-electron chi connectivity index (χ2n) is 14.5. The molecule has 1 amide bonds. The van der Waals surface area contributed by atoms with Gasteiger partial charge < -0.3 is 34.0 Å². The molecule has 1 fully saturated rings. The Balaban J connectivity index is 1.60. The third-order valence-corrected chi connectivity index (χ3v) is 11.3. The number of hydrogen-bond acceptors (Lipinski definition) is 9. The summed E-state index contributed by atoms with van der Waals surface area (Å²) in [7, 11) is 1.55. The molecule has 6 rings (SSSR count). The van der Waals surface area contributed by atoms with Crippen LogP contribution in [0.1, 0.15) is 68.9 Å². The Morgan fingerprint density at radius 1 is 1.00 bits per heavy atom. The van der Waals surface area contributed by atoms with E-state index in [0.29, 0.717) is 30.9 Å². The summed E-state index contributed by atoms with van der Waals surface area (Å²) in [6.07, 6.45) is 10.3. The van der Waals surface area contributed by atoms with Crippen molar-refractivity contribution in [1.82, 2.24) is 4.90 Å². The summed E-state index contributed by atoms with van der Waals surface area (Å²) in [5.74, 6) is -0.408. The molecule has 6 unspecified atom stereocenters. The first-order valence-electron chi connectivity index (χ1n) is 19.7. The van der Waals surface area contributed by atoms with Crippen LogP contribution in [0.2, 0.25) is 0 Å². The van der Waals surface area contributed by atoms with Crippen LogP contribution in [0, 0.1) is 17.8 Å². The third-order valence-electron chi connectivity index (χ3n) is 11.3. The largest absolute Gasteiger partial charge is 0.490 e. The highest BCUT2D eigenvalue weighted by atomic mass is 16.7. The zero-order valence-electron chi connectivity index (χ0n) is 32.2. The van der Waals surface area contributed by atoms with Gasteiger partial charge in [-0.2, -0.15) is 0 Å². The highest BCUT2D eigenvalue weighted by Crippen LogP contribution is 2.62. The summed E-state index contributed by atoms with van der Waals surface area (Å²) in [4.78, 5) is 21.8. The maximum absolute atomic E-state index is 14.4. The van der Waals surface area contributed by atoms with Crippen LogP contribution in [0.4, 0.5) is 4.79 Å². The van der Waals surface area contributed by atoms with Gasteiger partial charge in [-0.25, -0.2) is 4.79 Å². The van der Waals surface area contributed by atoms with E-state index in [1.54, 1.807) is 24.2 Å². The zero-order chi connectivity index (χ0) is 38.8. The number of benzene rings is 3. The zero-order valence-corrected chi connectivity index (χ0v) is 32.2. The standard InChI is InChI=1S/C45H56N2O8/c1-5-25-53-34-21-22-40-38(28-34)42-36(20-11-13-24-49)32(16-10-12-23-48)27-37-39(46-51-4)29-41(45(55-40,43(37)42)54-26-6-2)47(44(50)52-7-3)30-33-18-14-17-31-15-8-9-19-35(31)33/h5-6,8-9,14-15,17-19,21-22,27-28,32,36,41-43,48-49H,1-2,7,10-13,16,20,23-26,29-30H2,3-4H3. The predicted octanol–water partition coefficient (Wildman–Crippen LogP) is 8.33. The number of fused-ring (bicyclic) bond motifs is 3. The Labute approximate surface area is 325 Å². The number of carbonyl (C=O) groups excluding carboxylic acids is 1. The number of allylic oxidation sites excluding steroid dienone is 1. The van der Waals surface area contributed by atoms with Gasteiger partial charge in [-0.15, -0.1) is 6.58 Å². The normalized spacial score (nSPS) is 24.5. The highest BCUT2D eigenvalue weighted by Gasteiger charge is 2.65. The van der Waals surface area contributed by atoms with Crippen LogP contribution in [0.15, 0.2) is 103 Å². The summed E-state index contributed by atoms with van der Waals surface area (Å²) in [5.41, 5.74) is 3.64. The number of ether oxygens (including phenoxy) is 4. The molecule has 0 radical (unpaired) electrons. The summed E-state index contributed by atoms with van der Waals surface area (Å²) >= 11 is 0. The van der Waals surface area contributed by atoms with Gasteiger partial charge in [-0.05, 0) is 84.6 Å². The van der Waals surface area contributed by atoms with Crippen molar-refractivity contribution in [3.8, 4) is 11.5 Å². The first-order valence-corrected chi connectivity index (χ1v) is 19.7. The van der Waals surface area contributed by atoms with E-state index in [0.717, 1.165) is 58.9 Å². The fourth-order valence-electron chi connectivity index (χ4n) is 9.13. The molecule has 1 aliphatic heterocycles. The molecular formula is C45H56N2O8. The van der Waals surface area contributed by atoms with E-state index in [4.69, 9.17) is 23.8 Å². The maximum Gasteiger partial charge on any atom is 0.410 e. The SMILES string of the molecule is C=CCOc1ccc2c(c1)C1C(CCCCO)C(CCCCO)C=C3C(=NOC)CC(N(Cc4cccc5ccccc45)C(=O)OCC)C(OCC=C)(O2)C31. The quantitative estimate of drug-likeness (QED) is 0.0713. The Hall–Kier alpha value is -4.64. The van der Waals surface area contributed by atoms with Crippen molar-refractivity contribution in [3.63, 3.8) is 0 Å². The molecular weight excluding hydrogens is 697 g/mol. The van der Waals surface area contributed by atoms with Gasteiger partial charge in [0.25, 0.3) is 0 Å². The van der Waals surface area contributed by atoms with Gasteiger partial charge in [0, 0.05) is 31.1 Å². The van der Waals surface area contributed by atoms with E-state index in [9.17, 15) is 15.0 Å². The van der Waals surface area contributed by atoms with Gasteiger partial charge in [0.15, 0.2) is 0 Å². The van der Waals surface area contributed by atoms with Gasteiger partial charge in [0.05, 0.1) is 31.4 Å². The fraction of sp³-hybridized carbons (Fsp3) is 0.467. The van der Waals surface area contributed by atoms with E-state index >= 15 is 0 Å². The predicted molar refractivity (Wildman–Crippen MR) is 214 cm³/mol. The average molecular weight is 753 g/mol. The first-order chi connectivity index (χ1) is 26.9. The summed E-state index contributed by atoms with van der Waals surface area (Å²) in [6, 6.07) is 19.5. The second-order valence-corrected chi connectivity index (χ2v) is 14.5. The van der Waals surface area contributed by atoms with Crippen molar-refractivity contribution in [2.45, 2.75) is 76.2 Å². The van der Waals surface area contributed by atoms with Crippen LogP contribution in [0.25, 0.3) is 10.8 Å². The molecule has 0 bridgehead atoms. The number of aliphatic hydroxyl groups excluding tert-OH is 2. The molecule has 0 saturated heterocycles. The summed E-state index contributed by atoms with van der Waals surface area (Å²) < 4.78 is 26.3. The van der Waals surface area contributed by atoms with Gasteiger partial charge in [0.1, 0.15) is 31.3 Å². The second kappa shape index (κ2) is 18.8. The molecule has 0 spiro atoms. The highest BCUT2D eigenvalue weighted by molar-refractivity contribution is 6.03. The van der Waals surface area contributed by atoms with Crippen molar-refractivity contribution in [3.05, 3.63) is 109 Å². The van der Waals surface area contributed by atoms with E-state index in [2.05, 4.69) is 48.7 Å². The van der Waals surface area contributed by atoms with Gasteiger partial charge in [0.2, 0.25) is 5.79 Å². The average Bonchev–Trinajstić information content (AvgIpc) is 3.20. The Morgan fingerprint density at radius 2 is 1.76 bits per heavy atom. The molecule has 2 aliphatic carbocycles. The Bertz CT molecular complexity index is 1850. The molecule has 0 aromatic heterocycles. The number of nitrogens with zero attached hydrogens (tertiary/aromatic N) is 2. The molecule has 1 saturated carbocycles. The van der Waals surface area contributed by atoms with Crippen LogP contribution in [0.3, 0.4) is 0 Å². The number of aliphatic hydroxyl groups is 2. The van der Waals surface area contributed by atoms with Crippen molar-refractivity contribution >= 4 is 22.6 Å². The van der Waals surface area contributed by atoms with E-state index in [-0.39, 0.29) is 57.1 Å². The smallest absolute Gasteiger partial charge is 0.410 e. The summed E-state index contributed by atoms with van der Waals surface area (Å²) in [6.45, 7) is 10.8. The molecule has 6 atom stereocenters. The van der Waals surface area contributed by atoms with Crippen molar-refractivity contribution in [2.24, 2.45) is 22.9 Å². The molecule has 3 aromatic rings. The topological polar surface area (TPSA) is 119 Å². The van der Waals surface area contributed by atoms with Crippen molar-refractivity contribution in [2.75, 3.05) is 40.1 Å². The lowest BCUT2D eigenvalue weighted by atomic mass is 9.55. The van der Waals surface area contributed by atoms with Gasteiger partial charge in [-0.1, -0.05) is 85.3 Å². The van der Waals surface area contributed by atoms with Crippen LogP contribution >= 0.6 is 0 Å². The Morgan fingerprint density at radius 3 is 2.51 bits per heavy atom. The minimum atomic E-state index is -1.39. The molecule has 10 heteroatoms. The molecule has 55 heavy (non-hydrogen) atoms. The molecule has 1 heterocycles. The van der Waals surface area contributed by atoms with Gasteiger partial charge in [-0.3, -0.25) is 4.90 Å². The van der Waals surface area contributed by atoms with E-state index < -0.39 is 23.8 Å². The lowest BCUT2D eigenvalue weighted by Crippen LogP contribution is -2.70. The summed E-state index contributed by atoms with van der Waals surface area (Å²) in [5, 5.41) is 26.4. The molecule has 10 nitrogen and oxygen atoms in total. The van der Waals surface area contributed by atoms with E-state index in [1.165, 1.54) is 0 Å². The van der Waals surface area contributed by atoms with Crippen LogP contribution in [0.5, 0.6) is 11.5 Å². The van der Waals surface area contributed by atoms with Crippen LogP contribution < -0.4 is 9.47 Å². The third kappa shape index (κ3) is 8.32. The first kappa shape index (κ1) is 40.0. The number of hydrogen-bond donors (Lipinski definition) is 2. The number of unbranched alkanes of at least 4 members (excludes halogenated alkanes) is 2. The van der Waals surface area contributed by atoms with E-state index in [1.807, 2.05) is 43.3 Å². The minimum Gasteiger partial charge on any atom is -0.490 e. The number of oxime groups is 1. The maximum atomic E-state index is 14.4. The number of rotatable bonds is 19. The molecule has 3 aliphatic rings. The van der Waals surface area contributed by atoms with Gasteiger partial charge >= 0.3 is 6.09 Å². The van der Waals surface area contributed by atoms with Crippen molar-refractivity contribution in [1.29, 1.82) is 0 Å². The van der Waals surface area contributed by atoms with Crippen LogP contribution in [-0.2, 0) is 20.9 Å². The lowest BCUT2D eigenvalue weighted by Gasteiger charge is -2.59. The Kier molecular flexibility index (Phi) is 13.7. The van der Waals surface area contributed by atoms with Crippen LogP contribution in [-0.4, -0.2) is 78.9 Å².